The van der Waals surface area contributed by atoms with E-state index in [-0.39, 0.29) is 11.9 Å². The average Bonchev–Trinajstić information content (AvgIpc) is 2.63. The summed E-state index contributed by atoms with van der Waals surface area (Å²) in [7, 11) is 0. The second kappa shape index (κ2) is 8.08. The molecule has 3 heterocycles. The number of carbonyl (C=O) groups excluding carboxylic acids is 1. The van der Waals surface area contributed by atoms with Crippen molar-refractivity contribution in [3.63, 3.8) is 0 Å². The molecule has 3 rings (SSSR count). The number of nitrogens with zero attached hydrogens (tertiary/aromatic N) is 3. The fourth-order valence-electron chi connectivity index (χ4n) is 4.08. The minimum atomic E-state index is -0.176. The highest BCUT2D eigenvalue weighted by Gasteiger charge is 2.36. The normalized spacial score (nSPS) is 27.0. The topological polar surface area (TPSA) is 48.5 Å². The second-order valence-corrected chi connectivity index (χ2v) is 7.22. The number of nitrogens with one attached hydrogen (secondary N) is 1. The first-order chi connectivity index (χ1) is 11.7. The number of pyridine rings is 1. The van der Waals surface area contributed by atoms with Gasteiger partial charge in [-0.1, -0.05) is 13.8 Å². The number of piperazine rings is 1. The molecule has 0 saturated carbocycles. The summed E-state index contributed by atoms with van der Waals surface area (Å²) in [6.07, 6.45) is 7.01. The van der Waals surface area contributed by atoms with Gasteiger partial charge in [-0.3, -0.25) is 14.7 Å². The highest BCUT2D eigenvalue weighted by Crippen LogP contribution is 2.29. The fourth-order valence-corrected chi connectivity index (χ4v) is 4.08. The van der Waals surface area contributed by atoms with E-state index in [4.69, 9.17) is 0 Å². The summed E-state index contributed by atoms with van der Waals surface area (Å²) < 4.78 is 0. The van der Waals surface area contributed by atoms with Gasteiger partial charge in [0.1, 0.15) is 6.04 Å². The molecule has 2 aliphatic rings. The number of piperidine rings is 1. The summed E-state index contributed by atoms with van der Waals surface area (Å²) in [5.41, 5.74) is 1.08. The van der Waals surface area contributed by atoms with E-state index < -0.39 is 0 Å². The van der Waals surface area contributed by atoms with Gasteiger partial charge in [0, 0.05) is 51.2 Å². The van der Waals surface area contributed by atoms with Crippen molar-refractivity contribution in [2.75, 3.05) is 32.7 Å². The Morgan fingerprint density at radius 2 is 2.17 bits per heavy atom. The molecule has 0 bridgehead atoms. The molecule has 2 aliphatic heterocycles. The summed E-state index contributed by atoms with van der Waals surface area (Å²) in [4.78, 5) is 22.1. The first kappa shape index (κ1) is 17.4. The molecule has 3 unspecified atom stereocenters. The number of likely N-dealkylation sites (tertiary alicyclic amines) is 1. The highest BCUT2D eigenvalue weighted by atomic mass is 16.2. The molecular weight excluding hydrogens is 300 g/mol. The van der Waals surface area contributed by atoms with Gasteiger partial charge in [-0.05, 0) is 42.9 Å². The Morgan fingerprint density at radius 1 is 1.38 bits per heavy atom. The molecule has 1 N–H and O–H groups in total. The molecular formula is C19H30N4O. The van der Waals surface area contributed by atoms with Crippen LogP contribution in [0.3, 0.4) is 0 Å². The lowest BCUT2D eigenvalue weighted by Crippen LogP contribution is -2.56. The lowest BCUT2D eigenvalue weighted by atomic mass is 9.96. The molecule has 5 nitrogen and oxygen atoms in total. The van der Waals surface area contributed by atoms with Crippen molar-refractivity contribution in [2.45, 2.75) is 45.2 Å². The van der Waals surface area contributed by atoms with Crippen LogP contribution in [0.5, 0.6) is 0 Å². The van der Waals surface area contributed by atoms with Gasteiger partial charge in [-0.2, -0.15) is 0 Å². The van der Waals surface area contributed by atoms with Crippen LogP contribution in [0.15, 0.2) is 24.5 Å². The zero-order valence-corrected chi connectivity index (χ0v) is 14.9. The van der Waals surface area contributed by atoms with Crippen molar-refractivity contribution in [1.82, 2.24) is 20.1 Å². The Morgan fingerprint density at radius 3 is 2.88 bits per heavy atom. The number of rotatable bonds is 4. The number of aromatic nitrogens is 1. The smallest absolute Gasteiger partial charge is 0.244 e. The van der Waals surface area contributed by atoms with Crippen molar-refractivity contribution >= 4 is 5.91 Å². The van der Waals surface area contributed by atoms with Gasteiger partial charge in [0.05, 0.1) is 0 Å². The molecule has 5 heteroatoms. The first-order valence-corrected chi connectivity index (χ1v) is 9.36. The van der Waals surface area contributed by atoms with Gasteiger partial charge in [-0.15, -0.1) is 0 Å². The largest absolute Gasteiger partial charge is 0.341 e. The lowest BCUT2D eigenvalue weighted by molar-refractivity contribution is -0.140. The predicted octanol–water partition coefficient (Wildman–Crippen LogP) is 2.06. The maximum atomic E-state index is 13.4. The van der Waals surface area contributed by atoms with Gasteiger partial charge in [0.15, 0.2) is 0 Å². The molecule has 1 aromatic rings. The van der Waals surface area contributed by atoms with Crippen LogP contribution < -0.4 is 5.32 Å². The minimum absolute atomic E-state index is 0.176. The van der Waals surface area contributed by atoms with Crippen LogP contribution in [-0.2, 0) is 4.79 Å². The molecule has 0 spiro atoms. The SMILES string of the molecule is CCC1CNCCN1C(C(=O)N1CCCC(C)C1)c1ccncc1. The highest BCUT2D eigenvalue weighted by molar-refractivity contribution is 5.83. The lowest BCUT2D eigenvalue weighted by Gasteiger charge is -2.43. The first-order valence-electron chi connectivity index (χ1n) is 9.36. The number of amides is 1. The molecule has 3 atom stereocenters. The van der Waals surface area contributed by atoms with Crippen molar-refractivity contribution in [3.8, 4) is 0 Å². The summed E-state index contributed by atoms with van der Waals surface area (Å²) in [5.74, 6) is 0.874. The van der Waals surface area contributed by atoms with E-state index in [1.165, 1.54) is 6.42 Å². The summed E-state index contributed by atoms with van der Waals surface area (Å²) in [6, 6.07) is 4.24. The van der Waals surface area contributed by atoms with Crippen LogP contribution in [0.4, 0.5) is 0 Å². The minimum Gasteiger partial charge on any atom is -0.341 e. The summed E-state index contributed by atoms with van der Waals surface area (Å²) in [5, 5.41) is 3.47. The summed E-state index contributed by atoms with van der Waals surface area (Å²) in [6.45, 7) is 9.07. The monoisotopic (exact) mass is 330 g/mol. The maximum absolute atomic E-state index is 13.4. The van der Waals surface area contributed by atoms with E-state index >= 15 is 0 Å². The van der Waals surface area contributed by atoms with Gasteiger partial charge in [-0.25, -0.2) is 0 Å². The van der Waals surface area contributed by atoms with Gasteiger partial charge in [0.25, 0.3) is 0 Å². The van der Waals surface area contributed by atoms with E-state index in [0.717, 1.165) is 51.1 Å². The Balaban J connectivity index is 1.88. The third kappa shape index (κ3) is 3.78. The van der Waals surface area contributed by atoms with Crippen molar-refractivity contribution < 1.29 is 4.79 Å². The number of hydrogen-bond donors (Lipinski definition) is 1. The number of carbonyl (C=O) groups is 1. The van der Waals surface area contributed by atoms with E-state index in [1.807, 2.05) is 12.1 Å². The van der Waals surface area contributed by atoms with Crippen LogP contribution in [0, 0.1) is 5.92 Å². The van der Waals surface area contributed by atoms with Gasteiger partial charge in [0.2, 0.25) is 5.91 Å². The van der Waals surface area contributed by atoms with E-state index in [0.29, 0.717) is 12.0 Å². The Bertz CT molecular complexity index is 535. The molecule has 2 fully saturated rings. The molecule has 1 amide bonds. The van der Waals surface area contributed by atoms with Gasteiger partial charge < -0.3 is 10.2 Å². The van der Waals surface area contributed by atoms with Crippen LogP contribution in [-0.4, -0.2) is 59.5 Å². The van der Waals surface area contributed by atoms with Crippen LogP contribution in [0.2, 0.25) is 0 Å². The number of hydrogen-bond acceptors (Lipinski definition) is 4. The average molecular weight is 330 g/mol. The van der Waals surface area contributed by atoms with Crippen molar-refractivity contribution in [3.05, 3.63) is 30.1 Å². The molecule has 0 radical (unpaired) electrons. The maximum Gasteiger partial charge on any atom is 0.244 e. The fraction of sp³-hybridized carbons (Fsp3) is 0.684. The Hall–Kier alpha value is -1.46. The zero-order chi connectivity index (χ0) is 16.9. The van der Waals surface area contributed by atoms with Crippen LogP contribution in [0.1, 0.15) is 44.7 Å². The van der Waals surface area contributed by atoms with E-state index in [9.17, 15) is 4.79 Å². The molecule has 0 aromatic carbocycles. The van der Waals surface area contributed by atoms with Crippen LogP contribution in [0.25, 0.3) is 0 Å². The second-order valence-electron chi connectivity index (χ2n) is 7.22. The van der Waals surface area contributed by atoms with Gasteiger partial charge >= 0.3 is 0 Å². The third-order valence-electron chi connectivity index (χ3n) is 5.42. The van der Waals surface area contributed by atoms with Crippen LogP contribution >= 0.6 is 0 Å². The Labute approximate surface area is 145 Å². The van der Waals surface area contributed by atoms with Crippen molar-refractivity contribution in [2.24, 2.45) is 5.92 Å². The Kier molecular flexibility index (Phi) is 5.85. The third-order valence-corrected chi connectivity index (χ3v) is 5.42. The molecule has 2 saturated heterocycles. The standard InChI is InChI=1S/C19H30N4O/c1-3-17-13-21-10-12-23(17)18(16-6-8-20-9-7-16)19(24)22-11-4-5-15(2)14-22/h6-9,15,17-18,21H,3-5,10-14H2,1-2H3. The van der Waals surface area contributed by atoms with E-state index in [1.54, 1.807) is 12.4 Å². The quantitative estimate of drug-likeness (QED) is 0.918. The molecule has 0 aliphatic carbocycles. The van der Waals surface area contributed by atoms with E-state index in [2.05, 4.69) is 33.9 Å². The molecule has 1 aromatic heterocycles. The molecule has 24 heavy (non-hydrogen) atoms. The predicted molar refractivity (Wildman–Crippen MR) is 95.6 cm³/mol. The van der Waals surface area contributed by atoms with Crippen molar-refractivity contribution in [1.29, 1.82) is 0 Å². The zero-order valence-electron chi connectivity index (χ0n) is 14.9. The molecule has 132 valence electrons. The summed E-state index contributed by atoms with van der Waals surface area (Å²) >= 11 is 0.